The molecule has 7 rings (SSSR count). The summed E-state index contributed by atoms with van der Waals surface area (Å²) in [6, 6.07) is 0. The maximum Gasteiger partial charge on any atom is 0.327 e. The predicted octanol–water partition coefficient (Wildman–Crippen LogP) is 12.4. The van der Waals surface area contributed by atoms with Crippen LogP contribution in [0.5, 0.6) is 0 Å². The van der Waals surface area contributed by atoms with Gasteiger partial charge in [0.1, 0.15) is 0 Å². The molecular formula is C36H66O3Si3. The summed E-state index contributed by atoms with van der Waals surface area (Å²) in [4.78, 5) is 0. The zero-order valence-electron chi connectivity index (χ0n) is 27.4. The van der Waals surface area contributed by atoms with Gasteiger partial charge in [0.15, 0.2) is 0 Å². The third kappa shape index (κ3) is 6.02. The summed E-state index contributed by atoms with van der Waals surface area (Å²) >= 11 is 0. The number of rotatable bonds is 6. The van der Waals surface area contributed by atoms with E-state index in [4.69, 9.17) is 12.3 Å². The van der Waals surface area contributed by atoms with Crippen LogP contribution < -0.4 is 0 Å². The van der Waals surface area contributed by atoms with E-state index in [1.54, 1.807) is 0 Å². The average Bonchev–Trinajstić information content (AvgIpc) is 3.10. The minimum Gasteiger partial charge on any atom is -0.415 e. The first-order valence-corrected chi connectivity index (χ1v) is 25.8. The molecule has 0 N–H and O–H groups in total. The standard InChI is InChI=1S/C36H66O3Si3/c1-7-19-31(20-8-1)40(32-21-9-2-10-22-32)37-41(33-23-11-3-12-24-33,34-25-13-4-14-26-34)39-42(38-40,35-27-15-5-16-28-35)36-29-17-6-18-30-36/h31-36H,1-30H2. The molecule has 6 aliphatic carbocycles. The molecule has 0 bridgehead atoms. The molecule has 0 aromatic rings. The minimum atomic E-state index is -2.49. The largest absolute Gasteiger partial charge is 0.415 e. The summed E-state index contributed by atoms with van der Waals surface area (Å²) in [6.07, 6.45) is 42.9. The van der Waals surface area contributed by atoms with Crippen LogP contribution in [0.15, 0.2) is 0 Å². The molecular weight excluding hydrogens is 565 g/mol. The van der Waals surface area contributed by atoms with Crippen molar-refractivity contribution in [3.8, 4) is 0 Å². The number of hydrogen-bond donors (Lipinski definition) is 0. The monoisotopic (exact) mass is 630 g/mol. The normalized spacial score (nSPS) is 33.4. The Morgan fingerprint density at radius 2 is 0.357 bits per heavy atom. The zero-order valence-corrected chi connectivity index (χ0v) is 30.4. The lowest BCUT2D eigenvalue weighted by atomic mass is 9.99. The highest BCUT2D eigenvalue weighted by atomic mass is 28.5. The molecule has 7 fully saturated rings. The van der Waals surface area contributed by atoms with Gasteiger partial charge in [-0.05, 0) is 77.0 Å². The van der Waals surface area contributed by atoms with Crippen molar-refractivity contribution in [3.05, 3.63) is 0 Å². The van der Waals surface area contributed by atoms with Crippen molar-refractivity contribution < 1.29 is 12.3 Å². The predicted molar refractivity (Wildman–Crippen MR) is 182 cm³/mol. The Bertz CT molecular complexity index is 656. The van der Waals surface area contributed by atoms with Crippen LogP contribution in [0.25, 0.3) is 0 Å². The SMILES string of the molecule is C1CCC([Si]2(C3CCCCC3)O[Si](C3CCCCC3)(C3CCCCC3)O[Si](C3CCCCC3)(C3CCCCC3)O2)CC1. The summed E-state index contributed by atoms with van der Waals surface area (Å²) in [7, 11) is -7.47. The Morgan fingerprint density at radius 3 is 0.500 bits per heavy atom. The summed E-state index contributed by atoms with van der Waals surface area (Å²) in [5.41, 5.74) is 4.56. The third-order valence-corrected chi connectivity index (χ3v) is 32.0. The molecule has 0 atom stereocenters. The first-order valence-electron chi connectivity index (χ1n) is 19.9. The van der Waals surface area contributed by atoms with E-state index in [2.05, 4.69) is 0 Å². The van der Waals surface area contributed by atoms with E-state index in [0.717, 1.165) is 33.2 Å². The molecule has 0 spiro atoms. The van der Waals surface area contributed by atoms with Gasteiger partial charge in [-0.3, -0.25) is 0 Å². The van der Waals surface area contributed by atoms with Gasteiger partial charge in [-0.1, -0.05) is 116 Å². The lowest BCUT2D eigenvalue weighted by Crippen LogP contribution is -2.77. The Hall–Kier alpha value is 0.531. The van der Waals surface area contributed by atoms with Crippen molar-refractivity contribution in [3.63, 3.8) is 0 Å². The summed E-state index contributed by atoms with van der Waals surface area (Å²) in [5.74, 6) is 0. The highest BCUT2D eigenvalue weighted by molar-refractivity contribution is 6.97. The Labute approximate surface area is 263 Å². The topological polar surface area (TPSA) is 27.7 Å². The van der Waals surface area contributed by atoms with Crippen molar-refractivity contribution in [1.82, 2.24) is 0 Å². The van der Waals surface area contributed by atoms with Crippen molar-refractivity contribution in [2.75, 3.05) is 0 Å². The first kappa shape index (κ1) is 31.1. The van der Waals surface area contributed by atoms with Crippen LogP contribution >= 0.6 is 0 Å². The Balaban J connectivity index is 1.41. The highest BCUT2D eigenvalue weighted by Crippen LogP contribution is 2.64. The smallest absolute Gasteiger partial charge is 0.327 e. The second kappa shape index (κ2) is 14.1. The molecule has 0 amide bonds. The van der Waals surface area contributed by atoms with Crippen molar-refractivity contribution in [1.29, 1.82) is 0 Å². The molecule has 0 aromatic heterocycles. The van der Waals surface area contributed by atoms with Gasteiger partial charge in [0.05, 0.1) is 0 Å². The molecule has 240 valence electrons. The summed E-state index contributed by atoms with van der Waals surface area (Å²) in [6.45, 7) is 0. The second-order valence-electron chi connectivity index (χ2n) is 16.5. The van der Waals surface area contributed by atoms with Crippen molar-refractivity contribution >= 4 is 25.7 Å². The van der Waals surface area contributed by atoms with Crippen LogP contribution in [-0.4, -0.2) is 25.7 Å². The average molecular weight is 631 g/mol. The van der Waals surface area contributed by atoms with Gasteiger partial charge in [0, 0.05) is 33.2 Å². The quantitative estimate of drug-likeness (QED) is 0.273. The molecule has 1 saturated heterocycles. The van der Waals surface area contributed by atoms with E-state index in [9.17, 15) is 0 Å². The lowest BCUT2D eigenvalue weighted by Gasteiger charge is -2.65. The third-order valence-electron chi connectivity index (χ3n) is 14.0. The van der Waals surface area contributed by atoms with E-state index < -0.39 is 25.7 Å². The van der Waals surface area contributed by atoms with Crippen LogP contribution in [0.1, 0.15) is 193 Å². The number of hydrogen-bond acceptors (Lipinski definition) is 3. The molecule has 7 aliphatic rings. The van der Waals surface area contributed by atoms with Crippen LogP contribution in [0.4, 0.5) is 0 Å². The fourth-order valence-electron chi connectivity index (χ4n) is 11.8. The molecule has 0 unspecified atom stereocenters. The zero-order chi connectivity index (χ0) is 28.3. The maximum absolute atomic E-state index is 8.52. The van der Waals surface area contributed by atoms with Gasteiger partial charge < -0.3 is 12.3 Å². The molecule has 6 saturated carbocycles. The van der Waals surface area contributed by atoms with E-state index in [1.807, 2.05) is 0 Å². The second-order valence-corrected chi connectivity index (χ2v) is 28.2. The molecule has 42 heavy (non-hydrogen) atoms. The van der Waals surface area contributed by atoms with Gasteiger partial charge in [0.2, 0.25) is 0 Å². The van der Waals surface area contributed by atoms with Crippen molar-refractivity contribution in [2.24, 2.45) is 0 Å². The molecule has 0 radical (unpaired) electrons. The Morgan fingerprint density at radius 1 is 0.214 bits per heavy atom. The van der Waals surface area contributed by atoms with E-state index >= 15 is 0 Å². The molecule has 1 heterocycles. The maximum atomic E-state index is 8.52. The van der Waals surface area contributed by atoms with Gasteiger partial charge in [-0.15, -0.1) is 0 Å². The van der Waals surface area contributed by atoms with Crippen molar-refractivity contribution in [2.45, 2.75) is 226 Å². The van der Waals surface area contributed by atoms with E-state index in [-0.39, 0.29) is 0 Å². The fraction of sp³-hybridized carbons (Fsp3) is 1.00. The first-order chi connectivity index (χ1) is 20.8. The fourth-order valence-corrected chi connectivity index (χ4v) is 36.7. The van der Waals surface area contributed by atoms with Crippen LogP contribution in [0.2, 0.25) is 33.2 Å². The molecule has 1 aliphatic heterocycles. The van der Waals surface area contributed by atoms with Gasteiger partial charge in [0.25, 0.3) is 0 Å². The molecule has 0 aromatic carbocycles. The summed E-state index contributed by atoms with van der Waals surface area (Å²) in [5, 5.41) is 0. The highest BCUT2D eigenvalue weighted by Gasteiger charge is 2.73. The lowest BCUT2D eigenvalue weighted by molar-refractivity contribution is 0.133. The van der Waals surface area contributed by atoms with Gasteiger partial charge in [-0.25, -0.2) is 0 Å². The molecule has 3 nitrogen and oxygen atoms in total. The van der Waals surface area contributed by atoms with Crippen LogP contribution in [0.3, 0.4) is 0 Å². The van der Waals surface area contributed by atoms with Gasteiger partial charge in [-0.2, -0.15) is 0 Å². The van der Waals surface area contributed by atoms with Crippen LogP contribution in [-0.2, 0) is 12.3 Å². The van der Waals surface area contributed by atoms with E-state index in [0.29, 0.717) is 0 Å². The van der Waals surface area contributed by atoms with Gasteiger partial charge >= 0.3 is 25.7 Å². The van der Waals surface area contributed by atoms with Crippen LogP contribution in [0, 0.1) is 0 Å². The van der Waals surface area contributed by atoms with E-state index in [1.165, 1.54) is 193 Å². The minimum absolute atomic E-state index is 0.761. The summed E-state index contributed by atoms with van der Waals surface area (Å²) < 4.78 is 25.6. The Kier molecular flexibility index (Phi) is 10.5. The molecule has 6 heteroatoms.